The van der Waals surface area contributed by atoms with Crippen molar-refractivity contribution in [3.8, 4) is 0 Å². The molecule has 0 fully saturated rings. The van der Waals surface area contributed by atoms with Crippen molar-refractivity contribution in [1.29, 1.82) is 0 Å². The first-order chi connectivity index (χ1) is 8.24. The minimum absolute atomic E-state index is 0.162. The van der Waals surface area contributed by atoms with Gasteiger partial charge in [-0.1, -0.05) is 12.1 Å². The Balaban J connectivity index is 2.02. The molecule has 6 heteroatoms. The molecule has 1 aliphatic heterocycles. The van der Waals surface area contributed by atoms with Crippen LogP contribution in [0.15, 0.2) is 15.8 Å². The summed E-state index contributed by atoms with van der Waals surface area (Å²) in [6, 6.07) is 0. The first kappa shape index (κ1) is 11.6. The second-order valence-electron chi connectivity index (χ2n) is 3.60. The zero-order chi connectivity index (χ0) is 12.3. The number of carbonyl (C=O) groups excluding carboxylic acids is 1. The predicted molar refractivity (Wildman–Crippen MR) is 58.6 cm³/mol. The zero-order valence-corrected chi connectivity index (χ0v) is 9.80. The molecule has 1 atom stereocenters. The van der Waals surface area contributed by atoms with Crippen molar-refractivity contribution >= 4 is 11.7 Å². The van der Waals surface area contributed by atoms with Crippen LogP contribution >= 0.6 is 0 Å². The van der Waals surface area contributed by atoms with Gasteiger partial charge in [0.05, 0.1) is 12.3 Å². The summed E-state index contributed by atoms with van der Waals surface area (Å²) in [5.41, 5.74) is 1.13. The number of aromatic nitrogens is 1. The molecule has 1 aromatic heterocycles. The van der Waals surface area contributed by atoms with Gasteiger partial charge in [-0.3, -0.25) is 0 Å². The van der Waals surface area contributed by atoms with E-state index in [9.17, 15) is 4.79 Å². The molecule has 2 rings (SSSR count). The van der Waals surface area contributed by atoms with E-state index in [2.05, 4.69) is 10.1 Å². The van der Waals surface area contributed by atoms with Crippen LogP contribution in [0.5, 0.6) is 0 Å². The third-order valence-electron chi connectivity index (χ3n) is 2.42. The minimum Gasteiger partial charge on any atom is -0.461 e. The lowest BCUT2D eigenvalue weighted by atomic mass is 10.1. The summed E-state index contributed by atoms with van der Waals surface area (Å²) in [7, 11) is 0. The van der Waals surface area contributed by atoms with Crippen LogP contribution in [0.1, 0.15) is 49.2 Å². The van der Waals surface area contributed by atoms with Crippen molar-refractivity contribution in [2.45, 2.75) is 32.8 Å². The highest BCUT2D eigenvalue weighted by atomic mass is 16.6. The van der Waals surface area contributed by atoms with Crippen LogP contribution in [-0.4, -0.2) is 23.3 Å². The molecule has 0 bridgehead atoms. The molecule has 2 heterocycles. The van der Waals surface area contributed by atoms with Crippen molar-refractivity contribution in [3.05, 3.63) is 17.8 Å². The second kappa shape index (κ2) is 4.99. The summed E-state index contributed by atoms with van der Waals surface area (Å²) in [6.45, 7) is 4.05. The van der Waals surface area contributed by atoms with Crippen molar-refractivity contribution in [1.82, 2.24) is 4.98 Å². The lowest BCUT2D eigenvalue weighted by Gasteiger charge is -2.01. The van der Waals surface area contributed by atoms with Gasteiger partial charge in [0.15, 0.2) is 5.69 Å². The van der Waals surface area contributed by atoms with Gasteiger partial charge in [-0.2, -0.15) is 0 Å². The van der Waals surface area contributed by atoms with Crippen LogP contribution in [0.4, 0.5) is 0 Å². The van der Waals surface area contributed by atoms with Crippen LogP contribution in [-0.2, 0) is 9.57 Å². The van der Waals surface area contributed by atoms with E-state index in [0.29, 0.717) is 18.9 Å². The van der Waals surface area contributed by atoms with Crippen molar-refractivity contribution in [2.24, 2.45) is 5.16 Å². The quantitative estimate of drug-likeness (QED) is 0.751. The van der Waals surface area contributed by atoms with Crippen LogP contribution in [0.3, 0.4) is 0 Å². The molecule has 0 saturated heterocycles. The Morgan fingerprint density at radius 3 is 3.06 bits per heavy atom. The summed E-state index contributed by atoms with van der Waals surface area (Å²) in [5.74, 6) is -0.127. The molecule has 17 heavy (non-hydrogen) atoms. The summed E-state index contributed by atoms with van der Waals surface area (Å²) in [5, 5.41) is 3.90. The third kappa shape index (κ3) is 2.46. The summed E-state index contributed by atoms with van der Waals surface area (Å²) in [4.78, 5) is 20.6. The molecule has 0 N–H and O–H groups in total. The molecular formula is C11H14N2O4. The van der Waals surface area contributed by atoms with Crippen LogP contribution in [0, 0.1) is 0 Å². The van der Waals surface area contributed by atoms with Gasteiger partial charge in [-0.25, -0.2) is 9.78 Å². The van der Waals surface area contributed by atoms with E-state index in [-0.39, 0.29) is 11.8 Å². The van der Waals surface area contributed by atoms with Crippen LogP contribution in [0.2, 0.25) is 0 Å². The van der Waals surface area contributed by atoms with Gasteiger partial charge in [-0.05, 0) is 13.3 Å². The van der Waals surface area contributed by atoms with Gasteiger partial charge in [-0.15, -0.1) is 0 Å². The lowest BCUT2D eigenvalue weighted by molar-refractivity contribution is 0.0518. The summed E-state index contributed by atoms with van der Waals surface area (Å²) < 4.78 is 10.0. The van der Waals surface area contributed by atoms with E-state index in [1.807, 2.05) is 6.92 Å². The first-order valence-corrected chi connectivity index (χ1v) is 5.58. The smallest absolute Gasteiger partial charge is 0.360 e. The molecule has 0 amide bonds. The summed E-state index contributed by atoms with van der Waals surface area (Å²) in [6.07, 6.45) is 2.44. The fraction of sp³-hybridized carbons (Fsp3) is 0.545. The Labute approximate surface area is 98.6 Å². The van der Waals surface area contributed by atoms with Gasteiger partial charge in [0.2, 0.25) is 12.0 Å². The molecule has 92 valence electrons. The molecule has 0 aromatic carbocycles. The van der Waals surface area contributed by atoms with E-state index in [4.69, 9.17) is 14.0 Å². The fourth-order valence-corrected chi connectivity index (χ4v) is 1.50. The maximum Gasteiger partial charge on any atom is 0.360 e. The van der Waals surface area contributed by atoms with Gasteiger partial charge in [0, 0.05) is 6.42 Å². The molecule has 1 aliphatic rings. The zero-order valence-electron chi connectivity index (χ0n) is 9.80. The highest BCUT2D eigenvalue weighted by molar-refractivity contribution is 5.87. The third-order valence-corrected chi connectivity index (χ3v) is 2.42. The van der Waals surface area contributed by atoms with E-state index >= 15 is 0 Å². The van der Waals surface area contributed by atoms with Gasteiger partial charge in [0.1, 0.15) is 6.26 Å². The van der Waals surface area contributed by atoms with Gasteiger partial charge >= 0.3 is 5.97 Å². The highest BCUT2D eigenvalue weighted by Gasteiger charge is 2.27. The number of hydrogen-bond acceptors (Lipinski definition) is 6. The molecule has 0 spiro atoms. The SMILES string of the molecule is CCOC(=O)c1coc(C2CC(CC)=NO2)n1. The first-order valence-electron chi connectivity index (χ1n) is 5.58. The standard InChI is InChI=1S/C11H14N2O4/c1-3-7-5-9(17-13-7)10-12-8(6-16-10)11(14)15-4-2/h6,9H,3-5H2,1-2H3. The molecule has 0 radical (unpaired) electrons. The number of ether oxygens (including phenoxy) is 1. The van der Waals surface area contributed by atoms with Gasteiger partial charge < -0.3 is 14.0 Å². The van der Waals surface area contributed by atoms with E-state index in [1.165, 1.54) is 6.26 Å². The number of rotatable bonds is 4. The Kier molecular flexibility index (Phi) is 3.41. The molecule has 1 aromatic rings. The Morgan fingerprint density at radius 1 is 1.59 bits per heavy atom. The molecule has 1 unspecified atom stereocenters. The van der Waals surface area contributed by atoms with Crippen molar-refractivity contribution in [2.75, 3.05) is 6.61 Å². The number of hydrogen-bond donors (Lipinski definition) is 0. The monoisotopic (exact) mass is 238 g/mol. The molecule has 0 saturated carbocycles. The lowest BCUT2D eigenvalue weighted by Crippen LogP contribution is -2.06. The summed E-state index contributed by atoms with van der Waals surface area (Å²) >= 11 is 0. The van der Waals surface area contributed by atoms with Gasteiger partial charge in [0.25, 0.3) is 0 Å². The molecule has 0 aliphatic carbocycles. The number of oxime groups is 1. The number of esters is 1. The predicted octanol–water partition coefficient (Wildman–Crippen LogP) is 2.08. The maximum absolute atomic E-state index is 11.4. The van der Waals surface area contributed by atoms with Crippen molar-refractivity contribution < 1.29 is 18.8 Å². The largest absolute Gasteiger partial charge is 0.461 e. The minimum atomic E-state index is -0.489. The Hall–Kier alpha value is -1.85. The van der Waals surface area contributed by atoms with Crippen molar-refractivity contribution in [3.63, 3.8) is 0 Å². The maximum atomic E-state index is 11.4. The second-order valence-corrected chi connectivity index (χ2v) is 3.60. The molecule has 6 nitrogen and oxygen atoms in total. The van der Waals surface area contributed by atoms with Crippen LogP contribution < -0.4 is 0 Å². The number of nitrogens with zero attached hydrogens (tertiary/aromatic N) is 2. The normalized spacial score (nSPS) is 18.7. The number of carbonyl (C=O) groups is 1. The Morgan fingerprint density at radius 2 is 2.41 bits per heavy atom. The average Bonchev–Trinajstić information content (AvgIpc) is 2.98. The average molecular weight is 238 g/mol. The highest BCUT2D eigenvalue weighted by Crippen LogP contribution is 2.27. The topological polar surface area (TPSA) is 73.9 Å². The fourth-order valence-electron chi connectivity index (χ4n) is 1.50. The molecular weight excluding hydrogens is 224 g/mol. The Bertz CT molecular complexity index is 438. The van der Waals surface area contributed by atoms with E-state index < -0.39 is 5.97 Å². The van der Waals surface area contributed by atoms with Crippen LogP contribution in [0.25, 0.3) is 0 Å². The number of oxazole rings is 1. The van der Waals surface area contributed by atoms with E-state index in [1.54, 1.807) is 6.92 Å². The van der Waals surface area contributed by atoms with E-state index in [0.717, 1.165) is 12.1 Å².